The molecule has 0 saturated heterocycles. The van der Waals surface area contributed by atoms with Gasteiger partial charge in [-0.1, -0.05) is 49.1 Å². The third-order valence-corrected chi connectivity index (χ3v) is 7.50. The number of primary amides is 1. The zero-order chi connectivity index (χ0) is 27.2. The van der Waals surface area contributed by atoms with Crippen LogP contribution in [-0.2, 0) is 4.79 Å². The number of nitrogens with zero attached hydrogens (tertiary/aromatic N) is 2. The minimum Gasteiger partial charge on any atom is -0.494 e. The number of nitrogen functional groups attached to an aromatic ring is 1. The molecule has 0 unspecified atom stereocenters. The molecule has 1 aromatic heterocycles. The minimum absolute atomic E-state index is 0.0337. The molecule has 1 saturated carbocycles. The molecule has 2 aromatic carbocycles. The maximum atomic E-state index is 14.1. The van der Waals surface area contributed by atoms with Crippen molar-refractivity contribution < 1.29 is 19.1 Å². The first-order valence-corrected chi connectivity index (χ1v) is 13.6. The predicted octanol–water partition coefficient (Wildman–Crippen LogP) is 4.37. The van der Waals surface area contributed by atoms with Crippen LogP contribution in [0.5, 0.6) is 5.75 Å². The monoisotopic (exact) mass is 535 g/mol. The van der Waals surface area contributed by atoms with Crippen molar-refractivity contribution in [3.8, 4) is 5.75 Å². The second-order valence-electron chi connectivity index (χ2n) is 9.40. The number of benzene rings is 2. The topological polar surface area (TPSA) is 141 Å². The van der Waals surface area contributed by atoms with E-state index in [4.69, 9.17) is 16.2 Å². The van der Waals surface area contributed by atoms with E-state index in [2.05, 4.69) is 9.69 Å². The van der Waals surface area contributed by atoms with Crippen LogP contribution in [-0.4, -0.2) is 34.7 Å². The van der Waals surface area contributed by atoms with E-state index < -0.39 is 17.9 Å². The van der Waals surface area contributed by atoms with Crippen LogP contribution in [0.15, 0.2) is 48.5 Å². The summed E-state index contributed by atoms with van der Waals surface area (Å²) in [6.07, 6.45) is 5.03. The number of rotatable bonds is 9. The van der Waals surface area contributed by atoms with Gasteiger partial charge in [0.2, 0.25) is 5.91 Å². The van der Waals surface area contributed by atoms with Crippen molar-refractivity contribution in [2.45, 2.75) is 58.0 Å². The van der Waals surface area contributed by atoms with Crippen molar-refractivity contribution in [3.05, 3.63) is 70.2 Å². The molecule has 9 nitrogen and oxygen atoms in total. The van der Waals surface area contributed by atoms with Gasteiger partial charge < -0.3 is 21.5 Å². The summed E-state index contributed by atoms with van der Waals surface area (Å²) in [5.41, 5.74) is 13.4. The van der Waals surface area contributed by atoms with Crippen LogP contribution >= 0.6 is 11.5 Å². The van der Waals surface area contributed by atoms with E-state index in [-0.39, 0.29) is 28.2 Å². The molecule has 0 spiro atoms. The van der Waals surface area contributed by atoms with Gasteiger partial charge in [0.1, 0.15) is 16.7 Å². The molecule has 38 heavy (non-hydrogen) atoms. The molecule has 1 heterocycles. The normalized spacial score (nSPS) is 14.5. The molecule has 4 rings (SSSR count). The van der Waals surface area contributed by atoms with Crippen molar-refractivity contribution >= 4 is 40.6 Å². The van der Waals surface area contributed by atoms with E-state index in [9.17, 15) is 14.4 Å². The summed E-state index contributed by atoms with van der Waals surface area (Å²) in [6, 6.07) is 13.5. The highest BCUT2D eigenvalue weighted by Gasteiger charge is 2.37. The highest BCUT2D eigenvalue weighted by atomic mass is 32.1. The van der Waals surface area contributed by atoms with E-state index >= 15 is 0 Å². The Kier molecular flexibility index (Phi) is 8.62. The van der Waals surface area contributed by atoms with Gasteiger partial charge in [-0.15, -0.1) is 0 Å². The number of ether oxygens (including phenoxy) is 1. The molecular formula is C28H33N5O4S. The average Bonchev–Trinajstić information content (AvgIpc) is 3.30. The Morgan fingerprint density at radius 2 is 1.74 bits per heavy atom. The molecular weight excluding hydrogens is 502 g/mol. The van der Waals surface area contributed by atoms with Gasteiger partial charge in [0.05, 0.1) is 12.3 Å². The van der Waals surface area contributed by atoms with Gasteiger partial charge in [-0.3, -0.25) is 19.3 Å². The zero-order valence-electron chi connectivity index (χ0n) is 21.6. The van der Waals surface area contributed by atoms with Gasteiger partial charge in [-0.2, -0.15) is 4.37 Å². The fourth-order valence-corrected chi connectivity index (χ4v) is 5.43. The van der Waals surface area contributed by atoms with Crippen LogP contribution in [0.4, 0.5) is 11.4 Å². The smallest absolute Gasteiger partial charge is 0.273 e. The second-order valence-corrected chi connectivity index (χ2v) is 10.2. The third kappa shape index (κ3) is 5.96. The number of carbonyl (C=O) groups is 3. The highest BCUT2D eigenvalue weighted by Crippen LogP contribution is 2.34. The molecule has 5 N–H and O–H groups in total. The zero-order valence-corrected chi connectivity index (χ0v) is 22.4. The van der Waals surface area contributed by atoms with Gasteiger partial charge in [0, 0.05) is 11.7 Å². The van der Waals surface area contributed by atoms with Gasteiger partial charge >= 0.3 is 0 Å². The van der Waals surface area contributed by atoms with Gasteiger partial charge in [-0.05, 0) is 68.1 Å². The molecule has 3 amide bonds. The number of carbonyl (C=O) groups excluding carboxylic acids is 3. The number of anilines is 2. The number of hydrogen-bond acceptors (Lipinski definition) is 7. The first-order valence-electron chi connectivity index (χ1n) is 12.8. The van der Waals surface area contributed by atoms with E-state index in [1.165, 1.54) is 4.90 Å². The Labute approximate surface area is 226 Å². The summed E-state index contributed by atoms with van der Waals surface area (Å²) in [5, 5.41) is 3.18. The molecule has 3 aromatic rings. The van der Waals surface area contributed by atoms with Crippen molar-refractivity contribution in [2.24, 2.45) is 5.73 Å². The van der Waals surface area contributed by atoms with Gasteiger partial charge in [0.15, 0.2) is 5.69 Å². The van der Waals surface area contributed by atoms with Gasteiger partial charge in [0.25, 0.3) is 11.8 Å². The number of hydrogen-bond donors (Lipinski definition) is 3. The van der Waals surface area contributed by atoms with Crippen molar-refractivity contribution in [2.75, 3.05) is 17.2 Å². The third-order valence-electron chi connectivity index (χ3n) is 6.65. The number of aryl methyl sites for hydroxylation is 1. The highest BCUT2D eigenvalue weighted by molar-refractivity contribution is 7.09. The molecule has 200 valence electrons. The summed E-state index contributed by atoms with van der Waals surface area (Å²) in [6.45, 7) is 4.34. The maximum Gasteiger partial charge on any atom is 0.273 e. The predicted molar refractivity (Wildman–Crippen MR) is 148 cm³/mol. The van der Waals surface area contributed by atoms with E-state index in [1.54, 1.807) is 36.4 Å². The summed E-state index contributed by atoms with van der Waals surface area (Å²) < 4.78 is 9.60. The summed E-state index contributed by atoms with van der Waals surface area (Å²) in [7, 11) is 0. The maximum absolute atomic E-state index is 14.1. The average molecular weight is 536 g/mol. The largest absolute Gasteiger partial charge is 0.494 e. The second kappa shape index (κ2) is 12.1. The SMILES string of the molecule is CCOc1ccc([C@H](C(=O)NC2CCCCC2)N(C(=O)c2snc(C(N)=O)c2N)c2ccc(C)cc2)cc1. The fourth-order valence-electron chi connectivity index (χ4n) is 4.69. The van der Waals surface area contributed by atoms with Crippen LogP contribution in [0.3, 0.4) is 0 Å². The Bertz CT molecular complexity index is 1280. The Morgan fingerprint density at radius 3 is 2.32 bits per heavy atom. The molecule has 1 aliphatic carbocycles. The lowest BCUT2D eigenvalue weighted by atomic mass is 9.94. The molecule has 0 radical (unpaired) electrons. The summed E-state index contributed by atoms with van der Waals surface area (Å²) in [5.74, 6) is -1.01. The number of nitrogens with one attached hydrogen (secondary N) is 1. The van der Waals surface area contributed by atoms with Crippen molar-refractivity contribution in [1.29, 1.82) is 0 Å². The Balaban J connectivity index is 1.82. The van der Waals surface area contributed by atoms with E-state index in [0.717, 1.165) is 49.2 Å². The number of aromatic nitrogens is 1. The standard InChI is InChI=1S/C28H33N5O4S/c1-3-37-21-15-11-18(12-16-21)24(27(35)31-19-7-5-4-6-8-19)33(20-13-9-17(2)10-14-20)28(36)25-22(29)23(26(30)34)32-38-25/h9-16,19,24H,3-8,29H2,1-2H3,(H2,30,34)(H,31,35)/t24-/m1/s1. The molecule has 1 fully saturated rings. The molecule has 0 aliphatic heterocycles. The molecule has 1 aliphatic rings. The Morgan fingerprint density at radius 1 is 1.08 bits per heavy atom. The molecule has 1 atom stereocenters. The number of amides is 3. The minimum atomic E-state index is -1.01. The lowest BCUT2D eigenvalue weighted by Crippen LogP contribution is -2.47. The van der Waals surface area contributed by atoms with Crippen LogP contribution in [0, 0.1) is 6.92 Å². The van der Waals surface area contributed by atoms with Crippen LogP contribution in [0.1, 0.15) is 76.4 Å². The fraction of sp³-hybridized carbons (Fsp3) is 0.357. The first kappa shape index (κ1) is 27.1. The quantitative estimate of drug-likeness (QED) is 0.372. The molecule has 10 heteroatoms. The Hall–Kier alpha value is -3.92. The van der Waals surface area contributed by atoms with Gasteiger partial charge in [-0.25, -0.2) is 0 Å². The van der Waals surface area contributed by atoms with E-state index in [1.807, 2.05) is 26.0 Å². The number of nitrogens with two attached hydrogens (primary N) is 2. The first-order chi connectivity index (χ1) is 18.3. The van der Waals surface area contributed by atoms with Crippen LogP contribution in [0.2, 0.25) is 0 Å². The summed E-state index contributed by atoms with van der Waals surface area (Å²) >= 11 is 0.789. The van der Waals surface area contributed by atoms with E-state index in [0.29, 0.717) is 23.6 Å². The van der Waals surface area contributed by atoms with Crippen molar-refractivity contribution in [1.82, 2.24) is 9.69 Å². The molecule has 0 bridgehead atoms. The van der Waals surface area contributed by atoms with Crippen LogP contribution < -0.4 is 26.4 Å². The lowest BCUT2D eigenvalue weighted by Gasteiger charge is -2.33. The van der Waals surface area contributed by atoms with Crippen LogP contribution in [0.25, 0.3) is 0 Å². The summed E-state index contributed by atoms with van der Waals surface area (Å²) in [4.78, 5) is 41.4. The lowest BCUT2D eigenvalue weighted by molar-refractivity contribution is -0.123. The van der Waals surface area contributed by atoms with Crippen molar-refractivity contribution in [3.63, 3.8) is 0 Å².